The van der Waals surface area contributed by atoms with Crippen LogP contribution in [0.5, 0.6) is 5.75 Å². The molecule has 0 heterocycles. The molecule has 0 amide bonds. The monoisotopic (exact) mass is 251 g/mol. The Balaban J connectivity index is 2.83. The number of nitrogens with zero attached hydrogens (tertiary/aromatic N) is 1. The largest absolute Gasteiger partial charge is 0.490 e. The fourth-order valence-corrected chi connectivity index (χ4v) is 1.51. The molecular formula is C14H21NO3. The van der Waals surface area contributed by atoms with Crippen molar-refractivity contribution in [3.8, 4) is 5.75 Å². The highest BCUT2D eigenvalue weighted by Crippen LogP contribution is 2.20. The van der Waals surface area contributed by atoms with Crippen molar-refractivity contribution in [2.24, 2.45) is 11.1 Å². The van der Waals surface area contributed by atoms with Crippen molar-refractivity contribution in [3.05, 3.63) is 29.8 Å². The molecule has 0 saturated carbocycles. The molecule has 0 aliphatic heterocycles. The maximum Gasteiger partial charge on any atom is 0.128 e. The predicted octanol–water partition coefficient (Wildman–Crippen LogP) is 2.67. The number of rotatable bonds is 6. The van der Waals surface area contributed by atoms with Gasteiger partial charge < -0.3 is 15.1 Å². The van der Waals surface area contributed by atoms with Crippen LogP contribution in [0.25, 0.3) is 0 Å². The summed E-state index contributed by atoms with van der Waals surface area (Å²) in [5.41, 5.74) is 1.34. The molecular weight excluding hydrogens is 230 g/mol. The van der Waals surface area contributed by atoms with E-state index in [1.54, 1.807) is 0 Å². The van der Waals surface area contributed by atoms with Gasteiger partial charge in [0.1, 0.15) is 12.4 Å². The Kier molecular flexibility index (Phi) is 5.65. The maximum absolute atomic E-state index is 9.73. The summed E-state index contributed by atoms with van der Waals surface area (Å²) in [6.45, 7) is 6.02. The predicted molar refractivity (Wildman–Crippen MR) is 71.4 cm³/mol. The van der Waals surface area contributed by atoms with Crippen LogP contribution in [0.4, 0.5) is 0 Å². The summed E-state index contributed by atoms with van der Waals surface area (Å²) >= 11 is 0. The average Bonchev–Trinajstić information content (AvgIpc) is 2.38. The van der Waals surface area contributed by atoms with Crippen LogP contribution in [-0.2, 0) is 0 Å². The first-order valence-electron chi connectivity index (χ1n) is 6.21. The third-order valence-corrected chi connectivity index (χ3v) is 2.83. The molecule has 18 heavy (non-hydrogen) atoms. The summed E-state index contributed by atoms with van der Waals surface area (Å²) in [6, 6.07) is 7.37. The van der Waals surface area contributed by atoms with E-state index in [0.29, 0.717) is 17.9 Å². The highest BCUT2D eigenvalue weighted by atomic mass is 16.5. The van der Waals surface area contributed by atoms with Gasteiger partial charge in [0.25, 0.3) is 0 Å². The first-order valence-corrected chi connectivity index (χ1v) is 6.21. The highest BCUT2D eigenvalue weighted by Gasteiger charge is 2.13. The molecule has 1 rings (SSSR count). The van der Waals surface area contributed by atoms with Crippen molar-refractivity contribution in [1.29, 1.82) is 0 Å². The fraction of sp³-hybridized carbons (Fsp3) is 0.500. The van der Waals surface area contributed by atoms with E-state index in [2.05, 4.69) is 5.16 Å². The number of hydrogen-bond donors (Lipinski definition) is 2. The first-order chi connectivity index (χ1) is 8.60. The first kappa shape index (κ1) is 14.5. The van der Waals surface area contributed by atoms with Crippen molar-refractivity contribution in [2.45, 2.75) is 33.3 Å². The molecule has 0 aliphatic carbocycles. The van der Waals surface area contributed by atoms with Gasteiger partial charge in [-0.05, 0) is 24.5 Å². The van der Waals surface area contributed by atoms with E-state index in [1.807, 2.05) is 45.0 Å². The zero-order chi connectivity index (χ0) is 13.5. The molecule has 0 radical (unpaired) electrons. The molecule has 1 atom stereocenters. The standard InChI is InChI=1S/C14H21NO3/c1-4-12(15-17)11-7-5-6-8-14(11)18-9-13(16)10(2)3/h5-8,10,13,16-17H,4,9H2,1-3H3/b15-12-. The number of aliphatic hydroxyl groups excluding tert-OH is 1. The normalized spacial score (nSPS) is 13.7. The van der Waals surface area contributed by atoms with Crippen molar-refractivity contribution in [2.75, 3.05) is 6.61 Å². The van der Waals surface area contributed by atoms with E-state index < -0.39 is 6.10 Å². The van der Waals surface area contributed by atoms with Crippen LogP contribution in [0.15, 0.2) is 29.4 Å². The number of hydrogen-bond acceptors (Lipinski definition) is 4. The molecule has 4 nitrogen and oxygen atoms in total. The Morgan fingerprint density at radius 1 is 1.33 bits per heavy atom. The third-order valence-electron chi connectivity index (χ3n) is 2.83. The molecule has 0 aromatic heterocycles. The zero-order valence-electron chi connectivity index (χ0n) is 11.1. The maximum atomic E-state index is 9.73. The number of oxime groups is 1. The van der Waals surface area contributed by atoms with Crippen LogP contribution in [0.1, 0.15) is 32.8 Å². The van der Waals surface area contributed by atoms with Gasteiger partial charge in [0.05, 0.1) is 11.8 Å². The highest BCUT2D eigenvalue weighted by molar-refractivity contribution is 6.02. The lowest BCUT2D eigenvalue weighted by Crippen LogP contribution is -2.23. The SMILES string of the molecule is CC/C(=N/O)c1ccccc1OCC(O)C(C)C. The van der Waals surface area contributed by atoms with E-state index in [1.165, 1.54) is 0 Å². The van der Waals surface area contributed by atoms with E-state index in [0.717, 1.165) is 5.56 Å². The van der Waals surface area contributed by atoms with Crippen molar-refractivity contribution in [3.63, 3.8) is 0 Å². The number of benzene rings is 1. The lowest BCUT2D eigenvalue weighted by Gasteiger charge is -2.17. The van der Waals surface area contributed by atoms with Crippen molar-refractivity contribution < 1.29 is 15.1 Å². The Morgan fingerprint density at radius 2 is 2.00 bits per heavy atom. The van der Waals surface area contributed by atoms with Gasteiger partial charge >= 0.3 is 0 Å². The lowest BCUT2D eigenvalue weighted by molar-refractivity contribution is 0.0700. The molecule has 1 unspecified atom stereocenters. The van der Waals surface area contributed by atoms with E-state index in [9.17, 15) is 5.11 Å². The second-order valence-corrected chi connectivity index (χ2v) is 4.52. The topological polar surface area (TPSA) is 62.1 Å². The van der Waals surface area contributed by atoms with Crippen molar-refractivity contribution in [1.82, 2.24) is 0 Å². The molecule has 0 bridgehead atoms. The third kappa shape index (κ3) is 3.74. The minimum atomic E-state index is -0.505. The average molecular weight is 251 g/mol. The molecule has 0 spiro atoms. The number of aliphatic hydroxyl groups is 1. The summed E-state index contributed by atoms with van der Waals surface area (Å²) in [5, 5.41) is 22.0. The summed E-state index contributed by atoms with van der Waals surface area (Å²) < 4.78 is 5.60. The Morgan fingerprint density at radius 3 is 2.56 bits per heavy atom. The van der Waals surface area contributed by atoms with Crippen LogP contribution in [-0.4, -0.2) is 28.7 Å². The molecule has 0 saturated heterocycles. The molecule has 100 valence electrons. The van der Waals surface area contributed by atoms with E-state index >= 15 is 0 Å². The molecule has 0 fully saturated rings. The summed E-state index contributed by atoms with van der Waals surface area (Å²) in [6.07, 6.45) is 0.109. The Hall–Kier alpha value is -1.55. The number of para-hydroxylation sites is 1. The second-order valence-electron chi connectivity index (χ2n) is 4.52. The molecule has 1 aromatic carbocycles. The van der Waals surface area contributed by atoms with Crippen molar-refractivity contribution >= 4 is 5.71 Å². The summed E-state index contributed by atoms with van der Waals surface area (Å²) in [4.78, 5) is 0. The van der Waals surface area contributed by atoms with Gasteiger partial charge in [0.15, 0.2) is 0 Å². The van der Waals surface area contributed by atoms with Crippen LogP contribution < -0.4 is 4.74 Å². The fourth-order valence-electron chi connectivity index (χ4n) is 1.51. The van der Waals surface area contributed by atoms with E-state index in [4.69, 9.17) is 9.94 Å². The van der Waals surface area contributed by atoms with E-state index in [-0.39, 0.29) is 12.5 Å². The minimum absolute atomic E-state index is 0.148. The van der Waals surface area contributed by atoms with Crippen LogP contribution in [0.2, 0.25) is 0 Å². The lowest BCUT2D eigenvalue weighted by atomic mass is 10.1. The number of ether oxygens (including phenoxy) is 1. The van der Waals surface area contributed by atoms with Gasteiger partial charge in [-0.15, -0.1) is 0 Å². The van der Waals surface area contributed by atoms with Gasteiger partial charge in [0.2, 0.25) is 0 Å². The second kappa shape index (κ2) is 7.01. The smallest absolute Gasteiger partial charge is 0.128 e. The summed E-state index contributed by atoms with van der Waals surface area (Å²) in [7, 11) is 0. The quantitative estimate of drug-likeness (QED) is 0.464. The van der Waals surface area contributed by atoms with Crippen LogP contribution in [0.3, 0.4) is 0 Å². The molecule has 4 heteroatoms. The van der Waals surface area contributed by atoms with Gasteiger partial charge in [-0.2, -0.15) is 0 Å². The van der Waals surface area contributed by atoms with Crippen LogP contribution >= 0.6 is 0 Å². The van der Waals surface area contributed by atoms with Crippen LogP contribution in [0, 0.1) is 5.92 Å². The molecule has 1 aromatic rings. The van der Waals surface area contributed by atoms with Gasteiger partial charge in [-0.1, -0.05) is 38.1 Å². The Labute approximate surface area is 108 Å². The van der Waals surface area contributed by atoms with Gasteiger partial charge in [0, 0.05) is 5.56 Å². The summed E-state index contributed by atoms with van der Waals surface area (Å²) in [5.74, 6) is 0.779. The molecule has 0 aliphatic rings. The minimum Gasteiger partial charge on any atom is -0.490 e. The Bertz CT molecular complexity index is 402. The van der Waals surface area contributed by atoms with Gasteiger partial charge in [-0.25, -0.2) is 0 Å². The van der Waals surface area contributed by atoms with Gasteiger partial charge in [-0.3, -0.25) is 0 Å². The molecule has 2 N–H and O–H groups in total. The zero-order valence-corrected chi connectivity index (χ0v) is 11.1.